The fourth-order valence-electron chi connectivity index (χ4n) is 5.99. The second-order valence-electron chi connectivity index (χ2n) is 12.2. The van der Waals surface area contributed by atoms with Gasteiger partial charge in [0.25, 0.3) is 5.91 Å². The molecule has 248 valence electrons. The van der Waals surface area contributed by atoms with Crippen molar-refractivity contribution in [1.29, 1.82) is 0 Å². The molecular weight excluding hydrogens is 635 g/mol. The zero-order valence-corrected chi connectivity index (χ0v) is 28.1. The quantitative estimate of drug-likeness (QED) is 0.149. The van der Waals surface area contributed by atoms with Gasteiger partial charge in [0.1, 0.15) is 5.69 Å². The number of carbonyl (C=O) groups is 1. The average molecular weight is 672 g/mol. The van der Waals surface area contributed by atoms with Gasteiger partial charge in [-0.05, 0) is 46.0 Å². The van der Waals surface area contributed by atoms with Crippen LogP contribution in [-0.4, -0.2) is 42.4 Å². The van der Waals surface area contributed by atoms with Crippen molar-refractivity contribution in [2.45, 2.75) is 43.7 Å². The molecule has 7 rings (SSSR count). The van der Waals surface area contributed by atoms with Gasteiger partial charge in [-0.15, -0.1) is 0 Å². The van der Waals surface area contributed by atoms with Crippen molar-refractivity contribution in [3.05, 3.63) is 144 Å². The van der Waals surface area contributed by atoms with Crippen molar-refractivity contribution in [3.8, 4) is 11.1 Å². The number of aromatic nitrogens is 4. The molecule has 0 saturated carbocycles. The summed E-state index contributed by atoms with van der Waals surface area (Å²) in [6, 6.07) is 31.8. The average Bonchev–Trinajstić information content (AvgIpc) is 3.57. The summed E-state index contributed by atoms with van der Waals surface area (Å²) in [6.45, 7) is 2.53. The number of benzene rings is 4. The Balaban J connectivity index is 1.05. The largest absolute Gasteiger partial charge is 0.392 e. The molecule has 2 aromatic heterocycles. The van der Waals surface area contributed by atoms with E-state index in [1.165, 1.54) is 6.20 Å². The highest BCUT2D eigenvalue weighted by molar-refractivity contribution is 7.99. The minimum absolute atomic E-state index is 0.000429. The molecule has 1 aliphatic heterocycles. The first kappa shape index (κ1) is 32.7. The standard InChI is InChI=1S/C39H37N5O4S/c1-25-35(24-49-39-40-18-19-44(39)2)47-38(48-36(25)29-12-10-26(23-45)11-13-29)30-16-14-28(15-17-30)31-7-5-6-27(20-31)21-42-37(46)34-22-41-32-8-3-4-9-33(32)43-34/h3-20,22,25,35-36,38,45H,21,23-24H2,1-2H3,(H,42,46)/t25-,35+,36+,38+/m1/s1. The number of nitrogens with zero attached hydrogens (tertiary/aromatic N) is 4. The van der Waals surface area contributed by atoms with Gasteiger partial charge < -0.3 is 24.5 Å². The fourth-order valence-corrected chi connectivity index (χ4v) is 7.09. The molecule has 6 aromatic rings. The molecule has 1 amide bonds. The summed E-state index contributed by atoms with van der Waals surface area (Å²) < 4.78 is 15.3. The van der Waals surface area contributed by atoms with E-state index in [0.29, 0.717) is 12.1 Å². The Morgan fingerprint density at radius 1 is 0.878 bits per heavy atom. The van der Waals surface area contributed by atoms with E-state index in [4.69, 9.17) is 9.47 Å². The Kier molecular flexibility index (Phi) is 9.81. The van der Waals surface area contributed by atoms with Crippen LogP contribution in [0.1, 0.15) is 52.1 Å². The fraction of sp³-hybridized carbons (Fsp3) is 0.231. The Morgan fingerprint density at radius 3 is 2.41 bits per heavy atom. The molecule has 1 saturated heterocycles. The Hall–Kier alpha value is -4.87. The number of ether oxygens (including phenoxy) is 2. The van der Waals surface area contributed by atoms with Crippen molar-refractivity contribution < 1.29 is 19.4 Å². The number of amides is 1. The second-order valence-corrected chi connectivity index (χ2v) is 13.2. The van der Waals surface area contributed by atoms with Gasteiger partial charge in [0.2, 0.25) is 0 Å². The van der Waals surface area contributed by atoms with Gasteiger partial charge in [0.15, 0.2) is 11.4 Å². The number of imidazole rings is 1. The van der Waals surface area contributed by atoms with Crippen molar-refractivity contribution in [2.24, 2.45) is 13.0 Å². The topological polar surface area (TPSA) is 111 Å². The van der Waals surface area contributed by atoms with E-state index in [9.17, 15) is 9.90 Å². The van der Waals surface area contributed by atoms with Gasteiger partial charge in [-0.2, -0.15) is 0 Å². The molecule has 0 spiro atoms. The minimum Gasteiger partial charge on any atom is -0.392 e. The first-order chi connectivity index (χ1) is 23.9. The third kappa shape index (κ3) is 7.42. The molecule has 49 heavy (non-hydrogen) atoms. The van der Waals surface area contributed by atoms with Crippen LogP contribution in [0, 0.1) is 5.92 Å². The first-order valence-electron chi connectivity index (χ1n) is 16.2. The molecule has 4 aromatic carbocycles. The highest BCUT2D eigenvalue weighted by Crippen LogP contribution is 2.43. The van der Waals surface area contributed by atoms with Gasteiger partial charge in [-0.1, -0.05) is 97.5 Å². The third-order valence-corrected chi connectivity index (χ3v) is 10.0. The minimum atomic E-state index is -0.556. The van der Waals surface area contributed by atoms with Crippen molar-refractivity contribution in [2.75, 3.05) is 5.75 Å². The highest BCUT2D eigenvalue weighted by Gasteiger charge is 2.38. The summed E-state index contributed by atoms with van der Waals surface area (Å²) in [5.41, 5.74) is 7.62. The number of aliphatic hydroxyl groups excluding tert-OH is 1. The van der Waals surface area contributed by atoms with E-state index >= 15 is 0 Å². The van der Waals surface area contributed by atoms with Crippen LogP contribution in [0.3, 0.4) is 0 Å². The van der Waals surface area contributed by atoms with Crippen molar-refractivity contribution in [3.63, 3.8) is 0 Å². The van der Waals surface area contributed by atoms with E-state index in [2.05, 4.69) is 63.6 Å². The predicted octanol–water partition coefficient (Wildman–Crippen LogP) is 7.04. The molecule has 1 fully saturated rings. The number of rotatable bonds is 10. The maximum atomic E-state index is 12.9. The summed E-state index contributed by atoms with van der Waals surface area (Å²) in [4.78, 5) is 26.1. The molecule has 0 bridgehead atoms. The number of hydrogen-bond donors (Lipinski definition) is 2. The first-order valence-corrected chi connectivity index (χ1v) is 17.2. The van der Waals surface area contributed by atoms with Crippen LogP contribution in [0.25, 0.3) is 22.2 Å². The van der Waals surface area contributed by atoms with E-state index in [0.717, 1.165) is 49.8 Å². The maximum absolute atomic E-state index is 12.9. The second kappa shape index (κ2) is 14.7. The molecule has 0 radical (unpaired) electrons. The number of thioether (sulfide) groups is 1. The molecule has 10 heteroatoms. The lowest BCUT2D eigenvalue weighted by Gasteiger charge is -2.41. The molecule has 0 unspecified atom stereocenters. The van der Waals surface area contributed by atoms with E-state index < -0.39 is 6.29 Å². The number of hydrogen-bond acceptors (Lipinski definition) is 8. The molecular formula is C39H37N5O4S. The molecule has 2 N–H and O–H groups in total. The van der Waals surface area contributed by atoms with Gasteiger partial charge in [0, 0.05) is 43.2 Å². The normalized spacial score (nSPS) is 19.2. The summed E-state index contributed by atoms with van der Waals surface area (Å²) in [6.07, 6.45) is 4.42. The maximum Gasteiger partial charge on any atom is 0.271 e. The van der Waals surface area contributed by atoms with Crippen LogP contribution in [0.5, 0.6) is 0 Å². The highest BCUT2D eigenvalue weighted by atomic mass is 32.2. The lowest BCUT2D eigenvalue weighted by Crippen LogP contribution is -2.38. The zero-order chi connectivity index (χ0) is 33.7. The Bertz CT molecular complexity index is 2050. The Labute approximate surface area is 289 Å². The number of fused-ring (bicyclic) bond motifs is 1. The van der Waals surface area contributed by atoms with Crippen LogP contribution in [0.2, 0.25) is 0 Å². The number of aryl methyl sites for hydroxylation is 1. The number of nitrogens with one attached hydrogen (secondary N) is 1. The third-order valence-electron chi connectivity index (χ3n) is 8.85. The van der Waals surface area contributed by atoms with E-state index in [1.54, 1.807) is 18.0 Å². The summed E-state index contributed by atoms with van der Waals surface area (Å²) in [5, 5.41) is 13.5. The van der Waals surface area contributed by atoms with Crippen LogP contribution in [-0.2, 0) is 29.7 Å². The van der Waals surface area contributed by atoms with Crippen molar-refractivity contribution >= 4 is 28.7 Å². The van der Waals surface area contributed by atoms with Gasteiger partial charge in [-0.3, -0.25) is 9.78 Å². The van der Waals surface area contributed by atoms with Crippen LogP contribution < -0.4 is 5.32 Å². The molecule has 9 nitrogen and oxygen atoms in total. The molecule has 4 atom stereocenters. The van der Waals surface area contributed by atoms with Crippen molar-refractivity contribution in [1.82, 2.24) is 24.8 Å². The molecule has 1 aliphatic rings. The lowest BCUT2D eigenvalue weighted by atomic mass is 9.91. The number of carbonyl (C=O) groups excluding carboxylic acids is 1. The zero-order valence-electron chi connectivity index (χ0n) is 27.3. The summed E-state index contributed by atoms with van der Waals surface area (Å²) >= 11 is 1.68. The number of aliphatic hydroxyl groups is 1. The number of para-hydroxylation sites is 2. The van der Waals surface area contributed by atoms with Gasteiger partial charge in [-0.25, -0.2) is 9.97 Å². The van der Waals surface area contributed by atoms with Crippen LogP contribution in [0.15, 0.2) is 121 Å². The molecule has 3 heterocycles. The van der Waals surface area contributed by atoms with Gasteiger partial charge in [0.05, 0.1) is 36.0 Å². The summed E-state index contributed by atoms with van der Waals surface area (Å²) in [7, 11) is 1.99. The smallest absolute Gasteiger partial charge is 0.271 e. The Morgan fingerprint density at radius 2 is 1.65 bits per heavy atom. The lowest BCUT2D eigenvalue weighted by molar-refractivity contribution is -0.268. The van der Waals surface area contributed by atoms with Crippen LogP contribution >= 0.6 is 11.8 Å². The van der Waals surface area contributed by atoms with Gasteiger partial charge >= 0.3 is 0 Å². The van der Waals surface area contributed by atoms with E-state index in [-0.39, 0.29) is 36.3 Å². The predicted molar refractivity (Wildman–Crippen MR) is 189 cm³/mol. The van der Waals surface area contributed by atoms with E-state index in [1.807, 2.05) is 78.5 Å². The molecule has 0 aliphatic carbocycles. The van der Waals surface area contributed by atoms with Crippen LogP contribution in [0.4, 0.5) is 0 Å². The SMILES string of the molecule is C[C@@H]1[C@H](CSc2nccn2C)O[C@H](c2ccc(-c3cccc(CNC(=O)c4cnc5ccccc5n4)c3)cc2)O[C@@H]1c1ccc(CO)cc1. The monoisotopic (exact) mass is 671 g/mol. The summed E-state index contributed by atoms with van der Waals surface area (Å²) in [5.74, 6) is 0.542.